The van der Waals surface area contributed by atoms with Crippen molar-refractivity contribution < 1.29 is 9.13 Å². The predicted octanol–water partition coefficient (Wildman–Crippen LogP) is 3.85. The van der Waals surface area contributed by atoms with E-state index >= 15 is 0 Å². The first-order valence-electron chi connectivity index (χ1n) is 7.53. The largest absolute Gasteiger partial charge is 0.493 e. The van der Waals surface area contributed by atoms with Crippen LogP contribution in [0.5, 0.6) is 5.75 Å². The molecule has 1 heterocycles. The Bertz CT molecular complexity index is 626. The molecule has 0 amide bonds. The highest BCUT2D eigenvalue weighted by molar-refractivity contribution is 5.48. The van der Waals surface area contributed by atoms with Crippen molar-refractivity contribution in [1.82, 2.24) is 5.32 Å². The highest BCUT2D eigenvalue weighted by Crippen LogP contribution is 2.36. The van der Waals surface area contributed by atoms with Gasteiger partial charge in [-0.3, -0.25) is 0 Å². The van der Waals surface area contributed by atoms with E-state index in [1.54, 1.807) is 12.1 Å². The Kier molecular flexibility index (Phi) is 4.20. The van der Waals surface area contributed by atoms with Crippen molar-refractivity contribution in [1.29, 1.82) is 0 Å². The van der Waals surface area contributed by atoms with Gasteiger partial charge < -0.3 is 10.1 Å². The molecule has 1 atom stereocenters. The summed E-state index contributed by atoms with van der Waals surface area (Å²) in [5.74, 6) is 0.764. The van der Waals surface area contributed by atoms with Gasteiger partial charge in [0.15, 0.2) is 0 Å². The molecular formula is C18H20FNO. The zero-order valence-corrected chi connectivity index (χ0v) is 12.2. The number of hydrogen-bond donors (Lipinski definition) is 1. The van der Waals surface area contributed by atoms with E-state index in [0.29, 0.717) is 0 Å². The van der Waals surface area contributed by atoms with Gasteiger partial charge in [-0.15, -0.1) is 0 Å². The number of halogens is 1. The van der Waals surface area contributed by atoms with Gasteiger partial charge >= 0.3 is 0 Å². The van der Waals surface area contributed by atoms with Gasteiger partial charge in [-0.25, -0.2) is 4.39 Å². The second-order valence-electron chi connectivity index (χ2n) is 5.38. The molecule has 0 spiro atoms. The van der Waals surface area contributed by atoms with Crippen molar-refractivity contribution in [2.24, 2.45) is 0 Å². The molecule has 0 fully saturated rings. The highest BCUT2D eigenvalue weighted by Gasteiger charge is 2.23. The smallest absolute Gasteiger partial charge is 0.127 e. The van der Waals surface area contributed by atoms with Crippen LogP contribution < -0.4 is 10.1 Å². The fourth-order valence-corrected chi connectivity index (χ4v) is 2.85. The van der Waals surface area contributed by atoms with Crippen LogP contribution in [-0.2, 0) is 6.42 Å². The summed E-state index contributed by atoms with van der Waals surface area (Å²) < 4.78 is 19.4. The van der Waals surface area contributed by atoms with Crippen LogP contribution in [0.15, 0.2) is 42.5 Å². The molecule has 2 aromatic carbocycles. The van der Waals surface area contributed by atoms with E-state index in [4.69, 9.17) is 4.74 Å². The van der Waals surface area contributed by atoms with E-state index in [9.17, 15) is 4.39 Å². The second-order valence-corrected chi connectivity index (χ2v) is 5.38. The summed E-state index contributed by atoms with van der Waals surface area (Å²) in [5.41, 5.74) is 3.28. The average Bonchev–Trinajstić information content (AvgIpc) is 2.97. The number of nitrogens with one attached hydrogen (secondary N) is 1. The third kappa shape index (κ3) is 2.93. The normalized spacial score (nSPS) is 14.6. The first-order chi connectivity index (χ1) is 10.3. The minimum Gasteiger partial charge on any atom is -0.493 e. The second kappa shape index (κ2) is 6.27. The van der Waals surface area contributed by atoms with Crippen molar-refractivity contribution in [3.63, 3.8) is 0 Å². The first-order valence-corrected chi connectivity index (χ1v) is 7.53. The van der Waals surface area contributed by atoms with Crippen molar-refractivity contribution >= 4 is 0 Å². The van der Waals surface area contributed by atoms with Crippen LogP contribution in [0.4, 0.5) is 4.39 Å². The summed E-state index contributed by atoms with van der Waals surface area (Å²) in [4.78, 5) is 0. The van der Waals surface area contributed by atoms with Crippen LogP contribution in [0, 0.1) is 5.82 Å². The summed E-state index contributed by atoms with van der Waals surface area (Å²) in [6, 6.07) is 13.0. The number of fused-ring (bicyclic) bond motifs is 1. The zero-order chi connectivity index (χ0) is 14.7. The maximum Gasteiger partial charge on any atom is 0.127 e. The lowest BCUT2D eigenvalue weighted by Gasteiger charge is -2.21. The van der Waals surface area contributed by atoms with Gasteiger partial charge in [0.05, 0.1) is 12.6 Å². The van der Waals surface area contributed by atoms with Crippen LogP contribution in [0.3, 0.4) is 0 Å². The summed E-state index contributed by atoms with van der Waals surface area (Å²) in [5, 5.41) is 3.51. The molecule has 110 valence electrons. The molecule has 0 saturated heterocycles. The van der Waals surface area contributed by atoms with Crippen molar-refractivity contribution in [2.75, 3.05) is 13.2 Å². The average molecular weight is 285 g/mol. The van der Waals surface area contributed by atoms with E-state index in [-0.39, 0.29) is 11.9 Å². The topological polar surface area (TPSA) is 21.3 Å². The van der Waals surface area contributed by atoms with E-state index in [0.717, 1.165) is 42.9 Å². The number of benzene rings is 2. The Morgan fingerprint density at radius 3 is 2.90 bits per heavy atom. The van der Waals surface area contributed by atoms with Crippen LogP contribution in [0.2, 0.25) is 0 Å². The molecular weight excluding hydrogens is 265 g/mol. The molecule has 2 aromatic rings. The predicted molar refractivity (Wildman–Crippen MR) is 82.2 cm³/mol. The van der Waals surface area contributed by atoms with E-state index in [2.05, 4.69) is 30.4 Å². The first kappa shape index (κ1) is 14.1. The molecule has 3 heteroatoms. The summed E-state index contributed by atoms with van der Waals surface area (Å²) in [7, 11) is 0. The third-order valence-corrected chi connectivity index (χ3v) is 3.84. The van der Waals surface area contributed by atoms with Gasteiger partial charge in [0, 0.05) is 12.0 Å². The fourth-order valence-electron chi connectivity index (χ4n) is 2.85. The maximum atomic E-state index is 13.6. The van der Waals surface area contributed by atoms with Gasteiger partial charge in [0.1, 0.15) is 11.6 Å². The molecule has 0 radical (unpaired) electrons. The van der Waals surface area contributed by atoms with Crippen molar-refractivity contribution in [2.45, 2.75) is 25.8 Å². The SMILES string of the molecule is CCCNC(c1cccc(F)c1)c1cccc2c1OCC2. The molecule has 1 unspecified atom stereocenters. The summed E-state index contributed by atoms with van der Waals surface area (Å²) in [6.45, 7) is 3.74. The molecule has 0 saturated carbocycles. The Morgan fingerprint density at radius 1 is 1.24 bits per heavy atom. The molecule has 3 rings (SSSR count). The standard InChI is InChI=1S/C18H20FNO/c1-2-10-20-17(14-6-3-7-15(19)12-14)16-8-4-5-13-9-11-21-18(13)16/h3-8,12,17,20H,2,9-11H2,1H3. The zero-order valence-electron chi connectivity index (χ0n) is 12.2. The maximum absolute atomic E-state index is 13.6. The Labute approximate surface area is 125 Å². The quantitative estimate of drug-likeness (QED) is 0.901. The van der Waals surface area contributed by atoms with Gasteiger partial charge in [0.2, 0.25) is 0 Å². The lowest BCUT2D eigenvalue weighted by Crippen LogP contribution is -2.23. The lowest BCUT2D eigenvalue weighted by molar-refractivity contribution is 0.350. The van der Waals surface area contributed by atoms with E-state index in [1.807, 2.05) is 6.07 Å². The van der Waals surface area contributed by atoms with Crippen LogP contribution in [-0.4, -0.2) is 13.2 Å². The summed E-state index contributed by atoms with van der Waals surface area (Å²) in [6.07, 6.45) is 1.98. The monoisotopic (exact) mass is 285 g/mol. The third-order valence-electron chi connectivity index (χ3n) is 3.84. The van der Waals surface area contributed by atoms with E-state index in [1.165, 1.54) is 11.6 Å². The molecule has 1 N–H and O–H groups in total. The Balaban J connectivity index is 2.02. The van der Waals surface area contributed by atoms with Gasteiger partial charge in [-0.2, -0.15) is 0 Å². The molecule has 2 nitrogen and oxygen atoms in total. The molecule has 0 aromatic heterocycles. The van der Waals surface area contributed by atoms with Crippen molar-refractivity contribution in [3.05, 3.63) is 65.0 Å². The minimum atomic E-state index is -0.204. The van der Waals surface area contributed by atoms with Gasteiger partial charge in [-0.1, -0.05) is 37.3 Å². The Hall–Kier alpha value is -1.87. The van der Waals surface area contributed by atoms with Gasteiger partial charge in [-0.05, 0) is 36.2 Å². The number of para-hydroxylation sites is 1. The van der Waals surface area contributed by atoms with Crippen LogP contribution in [0.25, 0.3) is 0 Å². The molecule has 0 bridgehead atoms. The van der Waals surface area contributed by atoms with Gasteiger partial charge in [0.25, 0.3) is 0 Å². The minimum absolute atomic E-state index is 0.0336. The number of hydrogen-bond acceptors (Lipinski definition) is 2. The molecule has 0 aliphatic carbocycles. The summed E-state index contributed by atoms with van der Waals surface area (Å²) >= 11 is 0. The lowest BCUT2D eigenvalue weighted by atomic mass is 9.95. The number of ether oxygens (including phenoxy) is 1. The molecule has 1 aliphatic rings. The fraction of sp³-hybridized carbons (Fsp3) is 0.333. The van der Waals surface area contributed by atoms with Crippen LogP contribution >= 0.6 is 0 Å². The van der Waals surface area contributed by atoms with E-state index < -0.39 is 0 Å². The highest BCUT2D eigenvalue weighted by atomic mass is 19.1. The Morgan fingerprint density at radius 2 is 2.10 bits per heavy atom. The number of rotatable bonds is 5. The van der Waals surface area contributed by atoms with Crippen molar-refractivity contribution in [3.8, 4) is 5.75 Å². The van der Waals surface area contributed by atoms with Crippen LogP contribution in [0.1, 0.15) is 36.1 Å². The molecule has 21 heavy (non-hydrogen) atoms. The molecule has 1 aliphatic heterocycles.